The Bertz CT molecular complexity index is 603. The maximum Gasteiger partial charge on any atom is 0.406 e. The monoisotopic (exact) mass is 261 g/mol. The molecule has 2 N–H and O–H groups in total. The summed E-state index contributed by atoms with van der Waals surface area (Å²) in [5.41, 5.74) is -0.632. The van der Waals surface area contributed by atoms with Gasteiger partial charge in [-0.2, -0.15) is 13.2 Å². The number of hydrogen-bond acceptors (Lipinski definition) is 1. The molecule has 2 rings (SSSR count). The molecule has 18 heavy (non-hydrogen) atoms. The number of aliphatic carboxylic acids is 1. The molecule has 2 aromatic rings. The zero-order valence-corrected chi connectivity index (χ0v) is 8.75. The van der Waals surface area contributed by atoms with E-state index in [1.807, 2.05) is 0 Å². The van der Waals surface area contributed by atoms with Gasteiger partial charge in [-0.15, -0.1) is 0 Å². The first-order valence-electron chi connectivity index (χ1n) is 4.87. The van der Waals surface area contributed by atoms with Crippen molar-refractivity contribution in [3.8, 4) is 0 Å². The van der Waals surface area contributed by atoms with Gasteiger partial charge in [-0.3, -0.25) is 4.79 Å². The fourth-order valence-electron chi connectivity index (χ4n) is 1.83. The van der Waals surface area contributed by atoms with E-state index in [0.717, 1.165) is 12.3 Å². The van der Waals surface area contributed by atoms with Crippen LogP contribution in [0, 0.1) is 5.82 Å². The third-order valence-corrected chi connectivity index (χ3v) is 2.58. The molecule has 7 heteroatoms. The topological polar surface area (TPSA) is 53.1 Å². The normalized spacial score (nSPS) is 13.8. The molecule has 0 spiro atoms. The summed E-state index contributed by atoms with van der Waals surface area (Å²) in [7, 11) is 0. The van der Waals surface area contributed by atoms with Crippen LogP contribution in [0.5, 0.6) is 0 Å². The first-order chi connectivity index (χ1) is 8.32. The summed E-state index contributed by atoms with van der Waals surface area (Å²) in [6.07, 6.45) is -4.06. The summed E-state index contributed by atoms with van der Waals surface area (Å²) in [6, 6.07) is 3.54. The van der Waals surface area contributed by atoms with E-state index in [2.05, 4.69) is 4.98 Å². The molecule has 1 heterocycles. The molecule has 0 unspecified atom stereocenters. The van der Waals surface area contributed by atoms with Gasteiger partial charge in [0.25, 0.3) is 0 Å². The number of carbonyl (C=O) groups is 1. The number of nitrogens with one attached hydrogen (secondary N) is 1. The predicted molar refractivity (Wildman–Crippen MR) is 54.7 cm³/mol. The van der Waals surface area contributed by atoms with Crippen LogP contribution in [-0.4, -0.2) is 22.2 Å². The minimum absolute atomic E-state index is 0.0836. The second-order valence-electron chi connectivity index (χ2n) is 3.72. The maximum atomic E-state index is 13.3. The lowest BCUT2D eigenvalue weighted by Crippen LogP contribution is -2.28. The number of H-pyrrole nitrogens is 1. The van der Waals surface area contributed by atoms with Crippen molar-refractivity contribution < 1.29 is 27.5 Å². The molecule has 3 nitrogen and oxygen atoms in total. The maximum absolute atomic E-state index is 13.3. The number of benzene rings is 1. The highest BCUT2D eigenvalue weighted by Crippen LogP contribution is 2.38. The van der Waals surface area contributed by atoms with Crippen molar-refractivity contribution in [3.05, 3.63) is 35.8 Å². The third-order valence-electron chi connectivity index (χ3n) is 2.58. The first kappa shape index (κ1) is 12.4. The Morgan fingerprint density at radius 2 is 2.00 bits per heavy atom. The Balaban J connectivity index is 2.66. The number of para-hydroxylation sites is 1. The van der Waals surface area contributed by atoms with E-state index in [0.29, 0.717) is 0 Å². The SMILES string of the molecule is O=C(O)[C@@H](c1c[nH]c2c(F)cccc12)C(F)(F)F. The van der Waals surface area contributed by atoms with E-state index in [4.69, 9.17) is 5.11 Å². The molecule has 0 amide bonds. The molecule has 1 aromatic carbocycles. The fourth-order valence-corrected chi connectivity index (χ4v) is 1.83. The highest BCUT2D eigenvalue weighted by atomic mass is 19.4. The van der Waals surface area contributed by atoms with E-state index in [1.54, 1.807) is 0 Å². The highest BCUT2D eigenvalue weighted by Gasteiger charge is 2.47. The van der Waals surface area contributed by atoms with E-state index in [-0.39, 0.29) is 10.9 Å². The van der Waals surface area contributed by atoms with Gasteiger partial charge in [0.05, 0.1) is 5.52 Å². The summed E-state index contributed by atoms with van der Waals surface area (Å²) in [5.74, 6) is -5.43. The lowest BCUT2D eigenvalue weighted by Gasteiger charge is -2.15. The van der Waals surface area contributed by atoms with Gasteiger partial charge in [-0.05, 0) is 6.07 Å². The lowest BCUT2D eigenvalue weighted by molar-refractivity contribution is -0.176. The number of rotatable bonds is 2. The number of aromatic amines is 1. The quantitative estimate of drug-likeness (QED) is 0.816. The molecule has 96 valence electrons. The molecule has 0 aliphatic rings. The Labute approximate surface area is 98.0 Å². The lowest BCUT2D eigenvalue weighted by atomic mass is 9.98. The van der Waals surface area contributed by atoms with Gasteiger partial charge in [0, 0.05) is 17.1 Å². The number of fused-ring (bicyclic) bond motifs is 1. The minimum atomic E-state index is -4.94. The molecule has 0 aliphatic heterocycles. The van der Waals surface area contributed by atoms with Crippen LogP contribution < -0.4 is 0 Å². The molecule has 0 aliphatic carbocycles. The third kappa shape index (κ3) is 1.92. The fraction of sp³-hybridized carbons (Fsp3) is 0.182. The van der Waals surface area contributed by atoms with Gasteiger partial charge in [-0.25, -0.2) is 4.39 Å². The summed E-state index contributed by atoms with van der Waals surface area (Å²) in [4.78, 5) is 13.1. The smallest absolute Gasteiger partial charge is 0.406 e. The zero-order valence-electron chi connectivity index (χ0n) is 8.75. The van der Waals surface area contributed by atoms with Crippen molar-refractivity contribution in [2.45, 2.75) is 12.1 Å². The van der Waals surface area contributed by atoms with E-state index in [9.17, 15) is 22.4 Å². The van der Waals surface area contributed by atoms with Gasteiger partial charge in [-0.1, -0.05) is 12.1 Å². The second kappa shape index (κ2) is 4.01. The van der Waals surface area contributed by atoms with Crippen LogP contribution in [0.4, 0.5) is 17.6 Å². The van der Waals surface area contributed by atoms with Gasteiger partial charge >= 0.3 is 12.1 Å². The Hall–Kier alpha value is -2.05. The van der Waals surface area contributed by atoms with Crippen LogP contribution >= 0.6 is 0 Å². The molecule has 1 aromatic heterocycles. The van der Waals surface area contributed by atoms with Crippen molar-refractivity contribution in [1.82, 2.24) is 4.98 Å². The minimum Gasteiger partial charge on any atom is -0.481 e. The summed E-state index contributed by atoms with van der Waals surface area (Å²) in [6.45, 7) is 0. The Morgan fingerprint density at radius 3 is 2.56 bits per heavy atom. The van der Waals surface area contributed by atoms with E-state index in [1.165, 1.54) is 12.1 Å². The molecule has 0 saturated heterocycles. The summed E-state index contributed by atoms with van der Waals surface area (Å²) >= 11 is 0. The number of alkyl halides is 3. The number of carboxylic acids is 1. The van der Waals surface area contributed by atoms with Crippen molar-refractivity contribution in [3.63, 3.8) is 0 Å². The van der Waals surface area contributed by atoms with Crippen molar-refractivity contribution in [1.29, 1.82) is 0 Å². The van der Waals surface area contributed by atoms with Crippen LogP contribution in [0.2, 0.25) is 0 Å². The van der Waals surface area contributed by atoms with Gasteiger partial charge in [0.2, 0.25) is 0 Å². The Kier molecular flexibility index (Phi) is 2.76. The predicted octanol–water partition coefficient (Wildman–Crippen LogP) is 3.04. The van der Waals surface area contributed by atoms with E-state index < -0.39 is 29.4 Å². The number of halogens is 4. The number of carboxylic acid groups (broad SMARTS) is 1. The largest absolute Gasteiger partial charge is 0.481 e. The summed E-state index contributed by atoms with van der Waals surface area (Å²) < 4.78 is 51.3. The number of hydrogen-bond donors (Lipinski definition) is 2. The highest BCUT2D eigenvalue weighted by molar-refractivity contribution is 5.90. The van der Waals surface area contributed by atoms with Crippen LogP contribution in [0.3, 0.4) is 0 Å². The van der Waals surface area contributed by atoms with Crippen LogP contribution in [0.15, 0.2) is 24.4 Å². The number of aromatic nitrogens is 1. The molecule has 0 fully saturated rings. The molecular formula is C11H7F4NO2. The van der Waals surface area contributed by atoms with Crippen LogP contribution in [-0.2, 0) is 4.79 Å². The first-order valence-corrected chi connectivity index (χ1v) is 4.87. The molecule has 0 bridgehead atoms. The molecular weight excluding hydrogens is 254 g/mol. The van der Waals surface area contributed by atoms with E-state index >= 15 is 0 Å². The van der Waals surface area contributed by atoms with Gasteiger partial charge in [0.1, 0.15) is 5.82 Å². The van der Waals surface area contributed by atoms with Crippen LogP contribution in [0.25, 0.3) is 10.9 Å². The van der Waals surface area contributed by atoms with Crippen molar-refractivity contribution in [2.24, 2.45) is 0 Å². The molecule has 1 atom stereocenters. The standard InChI is InChI=1S/C11H7F4NO2/c12-7-3-1-2-5-6(4-16-9(5)7)8(10(17)18)11(13,14)15/h1-4,8,16H,(H,17,18)/t8-/m1/s1. The van der Waals surface area contributed by atoms with Crippen molar-refractivity contribution in [2.75, 3.05) is 0 Å². The molecule has 0 radical (unpaired) electrons. The molecule has 0 saturated carbocycles. The van der Waals surface area contributed by atoms with Crippen molar-refractivity contribution >= 4 is 16.9 Å². The van der Waals surface area contributed by atoms with Gasteiger partial charge < -0.3 is 10.1 Å². The Morgan fingerprint density at radius 1 is 1.33 bits per heavy atom. The summed E-state index contributed by atoms with van der Waals surface area (Å²) in [5, 5.41) is 8.60. The average molecular weight is 261 g/mol. The van der Waals surface area contributed by atoms with Crippen LogP contribution in [0.1, 0.15) is 11.5 Å². The zero-order chi connectivity index (χ0) is 13.5. The second-order valence-corrected chi connectivity index (χ2v) is 3.72. The average Bonchev–Trinajstić information content (AvgIpc) is 2.61. The van der Waals surface area contributed by atoms with Gasteiger partial charge in [0.15, 0.2) is 5.92 Å².